The summed E-state index contributed by atoms with van der Waals surface area (Å²) in [5.74, 6) is 0.958. The zero-order valence-corrected chi connectivity index (χ0v) is 18.5. The van der Waals surface area contributed by atoms with Gasteiger partial charge in [0.1, 0.15) is 6.10 Å². The Labute approximate surface area is 181 Å². The first-order valence-electron chi connectivity index (χ1n) is 11.8. The van der Waals surface area contributed by atoms with Crippen LogP contribution in [0, 0.1) is 0 Å². The number of hydrogen-bond acceptors (Lipinski definition) is 4. The van der Waals surface area contributed by atoms with Crippen molar-refractivity contribution in [3.63, 3.8) is 0 Å². The van der Waals surface area contributed by atoms with Crippen LogP contribution >= 0.6 is 0 Å². The second-order valence-electron chi connectivity index (χ2n) is 8.82. The van der Waals surface area contributed by atoms with E-state index in [2.05, 4.69) is 44.4 Å². The summed E-state index contributed by atoms with van der Waals surface area (Å²) >= 11 is 0. The van der Waals surface area contributed by atoms with Crippen molar-refractivity contribution in [1.29, 1.82) is 0 Å². The second kappa shape index (κ2) is 11.1. The van der Waals surface area contributed by atoms with E-state index in [9.17, 15) is 0 Å². The second-order valence-corrected chi connectivity index (χ2v) is 8.82. The molecule has 0 aliphatic carbocycles. The van der Waals surface area contributed by atoms with Gasteiger partial charge >= 0.3 is 0 Å². The number of ether oxygens (including phenoxy) is 2. The molecule has 3 aliphatic heterocycles. The van der Waals surface area contributed by atoms with Gasteiger partial charge in [-0.1, -0.05) is 37.1 Å². The Kier molecular flexibility index (Phi) is 8.01. The fourth-order valence-electron chi connectivity index (χ4n) is 4.89. The molecule has 3 heterocycles. The quantitative estimate of drug-likeness (QED) is 0.593. The zero-order valence-electron chi connectivity index (χ0n) is 18.5. The number of rotatable bonds is 5. The average Bonchev–Trinajstić information content (AvgIpc) is 3.20. The smallest absolute Gasteiger partial charge is 0.194 e. The predicted octanol–water partition coefficient (Wildman–Crippen LogP) is 3.02. The van der Waals surface area contributed by atoms with Crippen molar-refractivity contribution < 1.29 is 9.47 Å². The largest absolute Gasteiger partial charge is 0.375 e. The van der Waals surface area contributed by atoms with Crippen LogP contribution in [0.25, 0.3) is 0 Å². The lowest BCUT2D eigenvalue weighted by molar-refractivity contribution is -0.0817. The molecule has 1 aromatic rings. The van der Waals surface area contributed by atoms with Crippen LogP contribution in [-0.4, -0.2) is 74.4 Å². The Hall–Kier alpha value is -1.63. The lowest BCUT2D eigenvalue weighted by atomic mass is 10.1. The normalized spacial score (nSPS) is 26.6. The van der Waals surface area contributed by atoms with Gasteiger partial charge in [0.05, 0.1) is 12.7 Å². The fourth-order valence-corrected chi connectivity index (χ4v) is 4.89. The highest BCUT2D eigenvalue weighted by Gasteiger charge is 2.32. The zero-order chi connectivity index (χ0) is 20.6. The topological polar surface area (TPSA) is 49.3 Å². The number of guanidine groups is 1. The maximum Gasteiger partial charge on any atom is 0.194 e. The molecule has 2 unspecified atom stereocenters. The number of nitrogens with zero attached hydrogens (tertiary/aromatic N) is 3. The van der Waals surface area contributed by atoms with Gasteiger partial charge in [0.25, 0.3) is 0 Å². The summed E-state index contributed by atoms with van der Waals surface area (Å²) in [4.78, 5) is 9.47. The molecule has 3 fully saturated rings. The van der Waals surface area contributed by atoms with E-state index >= 15 is 0 Å². The third-order valence-electron chi connectivity index (χ3n) is 6.53. The minimum Gasteiger partial charge on any atom is -0.375 e. The van der Waals surface area contributed by atoms with E-state index in [-0.39, 0.29) is 12.2 Å². The first-order valence-corrected chi connectivity index (χ1v) is 11.8. The van der Waals surface area contributed by atoms with Gasteiger partial charge in [-0.15, -0.1) is 0 Å². The van der Waals surface area contributed by atoms with Crippen molar-refractivity contribution in [3.05, 3.63) is 35.4 Å². The van der Waals surface area contributed by atoms with E-state index < -0.39 is 0 Å². The van der Waals surface area contributed by atoms with Crippen LogP contribution in [0.4, 0.5) is 0 Å². The number of aliphatic imine (C=N–C) groups is 1. The van der Waals surface area contributed by atoms with E-state index in [4.69, 9.17) is 9.47 Å². The Morgan fingerprint density at radius 1 is 1.00 bits per heavy atom. The first-order chi connectivity index (χ1) is 14.8. The van der Waals surface area contributed by atoms with Crippen molar-refractivity contribution >= 4 is 5.96 Å². The molecule has 1 aromatic carbocycles. The summed E-state index contributed by atoms with van der Waals surface area (Å²) < 4.78 is 11.8. The Morgan fingerprint density at radius 3 is 2.57 bits per heavy atom. The van der Waals surface area contributed by atoms with Gasteiger partial charge in [0, 0.05) is 39.8 Å². The molecule has 0 amide bonds. The Bertz CT molecular complexity index is 682. The monoisotopic (exact) mass is 414 g/mol. The summed E-state index contributed by atoms with van der Waals surface area (Å²) in [5.41, 5.74) is 2.73. The Balaban J connectivity index is 1.30. The third-order valence-corrected chi connectivity index (χ3v) is 6.53. The molecule has 6 heteroatoms. The first kappa shape index (κ1) is 21.6. The van der Waals surface area contributed by atoms with Gasteiger partial charge in [-0.05, 0) is 49.9 Å². The van der Waals surface area contributed by atoms with Crippen LogP contribution in [0.3, 0.4) is 0 Å². The van der Waals surface area contributed by atoms with E-state index in [1.165, 1.54) is 49.9 Å². The molecule has 6 nitrogen and oxygen atoms in total. The van der Waals surface area contributed by atoms with Crippen molar-refractivity contribution in [2.75, 3.05) is 46.4 Å². The molecule has 3 saturated heterocycles. The SMILES string of the molecule is CN=C(NCc1cccc(CN2CCCCCC2)c1)N1CCOC(C2CCCO2)C1. The van der Waals surface area contributed by atoms with Crippen LogP contribution in [0.15, 0.2) is 29.3 Å². The highest BCUT2D eigenvalue weighted by molar-refractivity contribution is 5.80. The number of morpholine rings is 1. The Morgan fingerprint density at radius 2 is 1.80 bits per heavy atom. The molecule has 0 radical (unpaired) electrons. The fraction of sp³-hybridized carbons (Fsp3) is 0.708. The van der Waals surface area contributed by atoms with E-state index in [1.54, 1.807) is 0 Å². The third kappa shape index (κ3) is 5.96. The maximum atomic E-state index is 5.99. The molecule has 1 N–H and O–H groups in total. The van der Waals surface area contributed by atoms with Crippen LogP contribution in [-0.2, 0) is 22.6 Å². The lowest BCUT2D eigenvalue weighted by Gasteiger charge is -2.37. The van der Waals surface area contributed by atoms with Crippen molar-refractivity contribution in [2.24, 2.45) is 4.99 Å². The molecule has 2 atom stereocenters. The number of benzene rings is 1. The summed E-state index contributed by atoms with van der Waals surface area (Å²) in [6.45, 7) is 7.65. The predicted molar refractivity (Wildman–Crippen MR) is 121 cm³/mol. The minimum atomic E-state index is 0.150. The highest BCUT2D eigenvalue weighted by Crippen LogP contribution is 2.21. The van der Waals surface area contributed by atoms with Crippen molar-refractivity contribution in [1.82, 2.24) is 15.1 Å². The highest BCUT2D eigenvalue weighted by atomic mass is 16.5. The molecule has 0 aromatic heterocycles. The van der Waals surface area contributed by atoms with Gasteiger partial charge < -0.3 is 19.7 Å². The van der Waals surface area contributed by atoms with Crippen molar-refractivity contribution in [2.45, 2.75) is 63.8 Å². The summed E-state index contributed by atoms with van der Waals surface area (Å²) in [6.07, 6.45) is 8.08. The van der Waals surface area contributed by atoms with E-state index in [1.807, 2.05) is 7.05 Å². The van der Waals surface area contributed by atoms with Gasteiger partial charge in [0.2, 0.25) is 0 Å². The summed E-state index contributed by atoms with van der Waals surface area (Å²) in [6, 6.07) is 9.01. The molecular weight excluding hydrogens is 376 g/mol. The molecule has 30 heavy (non-hydrogen) atoms. The molecule has 4 rings (SSSR count). The number of likely N-dealkylation sites (tertiary alicyclic amines) is 1. The molecule has 166 valence electrons. The molecule has 0 bridgehead atoms. The summed E-state index contributed by atoms with van der Waals surface area (Å²) in [7, 11) is 1.87. The number of hydrogen-bond donors (Lipinski definition) is 1. The molecule has 3 aliphatic rings. The van der Waals surface area contributed by atoms with Crippen molar-refractivity contribution in [3.8, 4) is 0 Å². The number of nitrogens with one attached hydrogen (secondary N) is 1. The molecule has 0 saturated carbocycles. The summed E-state index contributed by atoms with van der Waals surface area (Å²) in [5, 5.41) is 3.57. The maximum absolute atomic E-state index is 5.99. The van der Waals surface area contributed by atoms with E-state index in [0.29, 0.717) is 0 Å². The van der Waals surface area contributed by atoms with E-state index in [0.717, 1.165) is 58.2 Å². The van der Waals surface area contributed by atoms with Gasteiger partial charge in [-0.25, -0.2) is 0 Å². The lowest BCUT2D eigenvalue weighted by Crippen LogP contribution is -2.53. The van der Waals surface area contributed by atoms with Crippen LogP contribution in [0.2, 0.25) is 0 Å². The van der Waals surface area contributed by atoms with Crippen LogP contribution in [0.1, 0.15) is 49.7 Å². The average molecular weight is 415 g/mol. The van der Waals surface area contributed by atoms with Gasteiger partial charge in [-0.2, -0.15) is 0 Å². The van der Waals surface area contributed by atoms with Crippen LogP contribution < -0.4 is 5.32 Å². The van der Waals surface area contributed by atoms with Crippen LogP contribution in [0.5, 0.6) is 0 Å². The minimum absolute atomic E-state index is 0.150. The molecular formula is C24H38N4O2. The standard InChI is InChI=1S/C24H38N4O2/c1-25-24(28-13-15-30-23(19-28)22-10-7-14-29-22)26-17-20-8-6-9-21(16-20)18-27-11-4-2-3-5-12-27/h6,8-9,16,22-23H,2-5,7,10-15,17-19H2,1H3,(H,25,26). The van der Waals surface area contributed by atoms with Gasteiger partial charge in [-0.3, -0.25) is 9.89 Å². The molecule has 0 spiro atoms. The van der Waals surface area contributed by atoms with Gasteiger partial charge in [0.15, 0.2) is 5.96 Å².